The molecule has 0 aromatic heterocycles. The summed E-state index contributed by atoms with van der Waals surface area (Å²) >= 11 is 5.55. The molecular formula is C18H18ClF3N2O. The zero-order valence-corrected chi connectivity index (χ0v) is 14.3. The third kappa shape index (κ3) is 6.07. The molecule has 3 nitrogen and oxygen atoms in total. The minimum absolute atomic E-state index is 0.0698. The standard InChI is InChI=1S/C18H18ClF3N2O/c1-12-3-2-4-13(9-12)11-23-8-7-17(25)24-14-5-6-16(19)15(10-14)18(20,21)22/h2-6,9-10,23H,7-8,11H2,1H3,(H,24,25). The van der Waals surface area contributed by atoms with E-state index in [0.717, 1.165) is 23.3 Å². The van der Waals surface area contributed by atoms with Gasteiger partial charge in [0.2, 0.25) is 5.91 Å². The molecular weight excluding hydrogens is 353 g/mol. The summed E-state index contributed by atoms with van der Waals surface area (Å²) in [5.41, 5.74) is 1.36. The molecule has 0 bridgehead atoms. The van der Waals surface area contributed by atoms with Gasteiger partial charge in [0.05, 0.1) is 10.6 Å². The molecule has 2 aromatic rings. The summed E-state index contributed by atoms with van der Waals surface area (Å²) in [6, 6.07) is 11.3. The first-order chi connectivity index (χ1) is 11.8. The third-order valence-electron chi connectivity index (χ3n) is 3.50. The first kappa shape index (κ1) is 19.3. The first-order valence-corrected chi connectivity index (χ1v) is 8.06. The van der Waals surface area contributed by atoms with Gasteiger partial charge in [-0.3, -0.25) is 4.79 Å². The Labute approximate surface area is 149 Å². The summed E-state index contributed by atoms with van der Waals surface area (Å²) in [5.74, 6) is -0.368. The van der Waals surface area contributed by atoms with Crippen LogP contribution in [0, 0.1) is 6.92 Å². The fourth-order valence-corrected chi connectivity index (χ4v) is 2.53. The van der Waals surface area contributed by atoms with Gasteiger partial charge in [0.15, 0.2) is 0 Å². The van der Waals surface area contributed by atoms with Crippen molar-refractivity contribution in [3.8, 4) is 0 Å². The number of aryl methyl sites for hydroxylation is 1. The number of hydrogen-bond donors (Lipinski definition) is 2. The van der Waals surface area contributed by atoms with Crippen molar-refractivity contribution >= 4 is 23.2 Å². The number of nitrogens with one attached hydrogen (secondary N) is 2. The van der Waals surface area contributed by atoms with E-state index in [0.29, 0.717) is 13.1 Å². The summed E-state index contributed by atoms with van der Waals surface area (Å²) < 4.78 is 38.4. The van der Waals surface area contributed by atoms with Gasteiger partial charge in [-0.15, -0.1) is 0 Å². The molecule has 0 fully saturated rings. The third-order valence-corrected chi connectivity index (χ3v) is 3.83. The van der Waals surface area contributed by atoms with Crippen LogP contribution in [-0.2, 0) is 17.5 Å². The SMILES string of the molecule is Cc1cccc(CNCCC(=O)Nc2ccc(Cl)c(C(F)(F)F)c2)c1. The van der Waals surface area contributed by atoms with Crippen molar-refractivity contribution in [3.63, 3.8) is 0 Å². The molecule has 0 aliphatic carbocycles. The van der Waals surface area contributed by atoms with Crippen molar-refractivity contribution in [1.82, 2.24) is 5.32 Å². The van der Waals surface area contributed by atoms with E-state index in [1.807, 2.05) is 31.2 Å². The molecule has 0 aliphatic heterocycles. The Hall–Kier alpha value is -2.05. The molecule has 0 atom stereocenters. The minimum atomic E-state index is -4.56. The van der Waals surface area contributed by atoms with Gasteiger partial charge in [-0.1, -0.05) is 41.4 Å². The minimum Gasteiger partial charge on any atom is -0.326 e. The highest BCUT2D eigenvalue weighted by atomic mass is 35.5. The molecule has 0 radical (unpaired) electrons. The van der Waals surface area contributed by atoms with Gasteiger partial charge in [0.1, 0.15) is 0 Å². The van der Waals surface area contributed by atoms with Crippen LogP contribution in [0.3, 0.4) is 0 Å². The maximum Gasteiger partial charge on any atom is 0.417 e. The maximum absolute atomic E-state index is 12.8. The summed E-state index contributed by atoms with van der Waals surface area (Å²) in [7, 11) is 0. The van der Waals surface area contributed by atoms with Gasteiger partial charge in [-0.2, -0.15) is 13.2 Å². The van der Waals surface area contributed by atoms with Crippen molar-refractivity contribution in [3.05, 3.63) is 64.2 Å². The Bertz CT molecular complexity index is 747. The highest BCUT2D eigenvalue weighted by Crippen LogP contribution is 2.36. The van der Waals surface area contributed by atoms with Crippen LogP contribution in [0.15, 0.2) is 42.5 Å². The lowest BCUT2D eigenvalue weighted by molar-refractivity contribution is -0.137. The second-order valence-corrected chi connectivity index (χ2v) is 6.06. The van der Waals surface area contributed by atoms with Crippen LogP contribution in [0.2, 0.25) is 5.02 Å². The summed E-state index contributed by atoms with van der Waals surface area (Å²) in [4.78, 5) is 11.9. The van der Waals surface area contributed by atoms with Crippen LogP contribution in [0.5, 0.6) is 0 Å². The second-order valence-electron chi connectivity index (χ2n) is 5.66. The van der Waals surface area contributed by atoms with E-state index in [-0.39, 0.29) is 18.0 Å². The van der Waals surface area contributed by atoms with Crippen molar-refractivity contribution in [2.24, 2.45) is 0 Å². The molecule has 0 saturated heterocycles. The molecule has 7 heteroatoms. The smallest absolute Gasteiger partial charge is 0.326 e. The highest BCUT2D eigenvalue weighted by Gasteiger charge is 2.33. The lowest BCUT2D eigenvalue weighted by atomic mass is 10.1. The van der Waals surface area contributed by atoms with Crippen molar-refractivity contribution in [1.29, 1.82) is 0 Å². The number of carbonyl (C=O) groups excluding carboxylic acids is 1. The number of halogens is 4. The molecule has 0 unspecified atom stereocenters. The summed E-state index contributed by atoms with van der Waals surface area (Å²) in [6.45, 7) is 3.03. The van der Waals surface area contributed by atoms with Gasteiger partial charge < -0.3 is 10.6 Å². The maximum atomic E-state index is 12.8. The largest absolute Gasteiger partial charge is 0.417 e. The zero-order chi connectivity index (χ0) is 18.4. The molecule has 134 valence electrons. The number of benzene rings is 2. The summed E-state index contributed by atoms with van der Waals surface area (Å²) in [5, 5.41) is 5.18. The van der Waals surface area contributed by atoms with E-state index >= 15 is 0 Å². The molecule has 2 N–H and O–H groups in total. The molecule has 0 saturated carbocycles. The van der Waals surface area contributed by atoms with Crippen molar-refractivity contribution in [2.45, 2.75) is 26.1 Å². The lowest BCUT2D eigenvalue weighted by Crippen LogP contribution is -2.21. The quantitative estimate of drug-likeness (QED) is 0.718. The second kappa shape index (κ2) is 8.36. The van der Waals surface area contributed by atoms with Gasteiger partial charge in [0.25, 0.3) is 0 Å². The number of carbonyl (C=O) groups is 1. The lowest BCUT2D eigenvalue weighted by Gasteiger charge is -2.12. The highest BCUT2D eigenvalue weighted by molar-refractivity contribution is 6.31. The molecule has 0 heterocycles. The Morgan fingerprint density at radius 1 is 1.16 bits per heavy atom. The number of rotatable bonds is 6. The van der Waals surface area contributed by atoms with E-state index in [4.69, 9.17) is 11.6 Å². The van der Waals surface area contributed by atoms with Crippen LogP contribution in [0.1, 0.15) is 23.1 Å². The number of hydrogen-bond acceptors (Lipinski definition) is 2. The Morgan fingerprint density at radius 2 is 1.92 bits per heavy atom. The average Bonchev–Trinajstić information content (AvgIpc) is 2.52. The zero-order valence-electron chi connectivity index (χ0n) is 13.6. The number of amides is 1. The fraction of sp³-hybridized carbons (Fsp3) is 0.278. The number of anilines is 1. The predicted molar refractivity (Wildman–Crippen MR) is 92.6 cm³/mol. The first-order valence-electron chi connectivity index (χ1n) is 7.68. The Kier molecular flexibility index (Phi) is 6.45. The molecule has 25 heavy (non-hydrogen) atoms. The molecule has 0 spiro atoms. The van der Waals surface area contributed by atoms with E-state index < -0.39 is 16.8 Å². The molecule has 2 aromatic carbocycles. The van der Waals surface area contributed by atoms with Crippen molar-refractivity contribution < 1.29 is 18.0 Å². The van der Waals surface area contributed by atoms with Crippen LogP contribution < -0.4 is 10.6 Å². The van der Waals surface area contributed by atoms with Gasteiger partial charge in [-0.25, -0.2) is 0 Å². The number of alkyl halides is 3. The Morgan fingerprint density at radius 3 is 2.60 bits per heavy atom. The Balaban J connectivity index is 1.82. The van der Waals surface area contributed by atoms with E-state index in [9.17, 15) is 18.0 Å². The van der Waals surface area contributed by atoms with Crippen LogP contribution in [-0.4, -0.2) is 12.5 Å². The van der Waals surface area contributed by atoms with E-state index in [1.165, 1.54) is 6.07 Å². The fourth-order valence-electron chi connectivity index (χ4n) is 2.30. The van der Waals surface area contributed by atoms with Gasteiger partial charge in [0, 0.05) is 25.2 Å². The van der Waals surface area contributed by atoms with Gasteiger partial charge >= 0.3 is 6.18 Å². The summed E-state index contributed by atoms with van der Waals surface area (Å²) in [6.07, 6.45) is -4.41. The molecule has 1 amide bonds. The van der Waals surface area contributed by atoms with Crippen LogP contribution >= 0.6 is 11.6 Å². The van der Waals surface area contributed by atoms with Gasteiger partial charge in [-0.05, 0) is 30.7 Å². The normalized spacial score (nSPS) is 11.4. The molecule has 2 rings (SSSR count). The molecule has 0 aliphatic rings. The van der Waals surface area contributed by atoms with E-state index in [2.05, 4.69) is 10.6 Å². The monoisotopic (exact) mass is 370 g/mol. The van der Waals surface area contributed by atoms with Crippen LogP contribution in [0.25, 0.3) is 0 Å². The topological polar surface area (TPSA) is 41.1 Å². The predicted octanol–water partition coefficient (Wildman–Crippen LogP) is 4.79. The van der Waals surface area contributed by atoms with Crippen LogP contribution in [0.4, 0.5) is 18.9 Å². The average molecular weight is 371 g/mol. The van der Waals surface area contributed by atoms with E-state index in [1.54, 1.807) is 0 Å². The van der Waals surface area contributed by atoms with Crippen molar-refractivity contribution in [2.75, 3.05) is 11.9 Å².